The summed E-state index contributed by atoms with van der Waals surface area (Å²) < 4.78 is 11.9. The molecule has 2 rings (SSSR count). The van der Waals surface area contributed by atoms with E-state index in [9.17, 15) is 9.00 Å². The van der Waals surface area contributed by atoms with Crippen LogP contribution in [0.3, 0.4) is 0 Å². The van der Waals surface area contributed by atoms with Gasteiger partial charge in [-0.05, 0) is 62.8 Å². The quantitative estimate of drug-likeness (QED) is 0.906. The van der Waals surface area contributed by atoms with Gasteiger partial charge >= 0.3 is 0 Å². The topological polar surface area (TPSA) is 49.9 Å². The van der Waals surface area contributed by atoms with Crippen LogP contribution < -0.4 is 5.56 Å². The Kier molecular flexibility index (Phi) is 5.13. The monoisotopic (exact) mass is 339 g/mol. The summed E-state index contributed by atoms with van der Waals surface area (Å²) in [5.74, 6) is 0.649. The third kappa shape index (κ3) is 3.99. The van der Waals surface area contributed by atoms with Gasteiger partial charge in [-0.25, -0.2) is 0 Å². The number of pyridine rings is 1. The Labute approximate surface area is 138 Å². The second-order valence-electron chi connectivity index (χ2n) is 6.64. The van der Waals surface area contributed by atoms with Gasteiger partial charge in [0.25, 0.3) is 5.56 Å². The lowest BCUT2D eigenvalue weighted by atomic mass is 9.98. The lowest BCUT2D eigenvalue weighted by Gasteiger charge is -2.19. The fourth-order valence-electron chi connectivity index (χ4n) is 2.31. The van der Waals surface area contributed by atoms with Crippen molar-refractivity contribution >= 4 is 33.3 Å². The highest BCUT2D eigenvalue weighted by molar-refractivity contribution is 7.86. The molecule has 1 aromatic heterocycles. The van der Waals surface area contributed by atoms with Crippen LogP contribution in [0.2, 0.25) is 5.02 Å². The van der Waals surface area contributed by atoms with E-state index in [1.165, 1.54) is 0 Å². The third-order valence-electron chi connectivity index (χ3n) is 3.79. The summed E-state index contributed by atoms with van der Waals surface area (Å²) in [6.45, 7) is 7.91. The van der Waals surface area contributed by atoms with Crippen molar-refractivity contribution in [2.75, 3.05) is 5.75 Å². The van der Waals surface area contributed by atoms with Gasteiger partial charge in [0.2, 0.25) is 0 Å². The van der Waals surface area contributed by atoms with Crippen molar-refractivity contribution in [3.63, 3.8) is 0 Å². The molecule has 22 heavy (non-hydrogen) atoms. The molecule has 0 radical (unpaired) electrons. The largest absolute Gasteiger partial charge is 0.322 e. The molecule has 0 saturated carbocycles. The summed E-state index contributed by atoms with van der Waals surface area (Å²) in [6, 6.07) is 7.30. The Morgan fingerprint density at radius 3 is 2.59 bits per heavy atom. The summed E-state index contributed by atoms with van der Waals surface area (Å²) in [4.78, 5) is 15.1. The normalized spacial score (nSPS) is 15.0. The zero-order valence-corrected chi connectivity index (χ0v) is 15.0. The van der Waals surface area contributed by atoms with Gasteiger partial charge in [0.15, 0.2) is 0 Å². The summed E-state index contributed by atoms with van der Waals surface area (Å²) in [5, 5.41) is 1.57. The molecule has 120 valence electrons. The third-order valence-corrected chi connectivity index (χ3v) is 5.99. The molecule has 1 aromatic carbocycles. The molecule has 2 aromatic rings. The Morgan fingerprint density at radius 2 is 1.95 bits per heavy atom. The molecule has 1 heterocycles. The number of hydrogen-bond acceptors (Lipinski definition) is 2. The molecular formula is C17H22ClNO2S. The molecule has 0 unspecified atom stereocenters. The van der Waals surface area contributed by atoms with Gasteiger partial charge in [0.1, 0.15) is 0 Å². The number of aromatic nitrogens is 1. The highest BCUT2D eigenvalue weighted by Gasteiger charge is 2.21. The van der Waals surface area contributed by atoms with E-state index in [1.807, 2.05) is 45.9 Å². The number of rotatable bonds is 4. The van der Waals surface area contributed by atoms with Crippen molar-refractivity contribution in [2.24, 2.45) is 0 Å². The van der Waals surface area contributed by atoms with Crippen molar-refractivity contribution < 1.29 is 4.21 Å². The maximum atomic E-state index is 12.2. The summed E-state index contributed by atoms with van der Waals surface area (Å²) in [5.41, 5.74) is 1.42. The van der Waals surface area contributed by atoms with Crippen molar-refractivity contribution in [3.8, 4) is 0 Å². The average Bonchev–Trinajstić information content (AvgIpc) is 2.43. The van der Waals surface area contributed by atoms with Gasteiger partial charge in [0, 0.05) is 37.4 Å². The molecule has 1 N–H and O–H groups in total. The number of H-pyrrole nitrogens is 1. The lowest BCUT2D eigenvalue weighted by Crippen LogP contribution is -2.25. The molecule has 0 fully saturated rings. The van der Waals surface area contributed by atoms with E-state index in [1.54, 1.807) is 6.07 Å². The van der Waals surface area contributed by atoms with Crippen LogP contribution in [0, 0.1) is 0 Å². The Bertz CT molecular complexity index is 761. The molecule has 0 saturated heterocycles. The standard InChI is InChI=1S/C17H22ClNO2S/c1-11(7-8-22(21)17(2,3)4)14-10-12-9-13(18)5-6-15(12)19-16(14)20/h5-6,9-11H,7-8H2,1-4H3,(H,19,20)/t11-,22+/m1/s1. The summed E-state index contributed by atoms with van der Waals surface area (Å²) in [6.07, 6.45) is 0.721. The van der Waals surface area contributed by atoms with Crippen molar-refractivity contribution in [3.05, 3.63) is 45.2 Å². The first-order valence-corrected chi connectivity index (χ1v) is 9.09. The smallest absolute Gasteiger partial charge is 0.251 e. The summed E-state index contributed by atoms with van der Waals surface area (Å²) in [7, 11) is -0.902. The SMILES string of the molecule is C[C@H](CC[S@](=O)C(C)(C)C)c1cc2cc(Cl)ccc2[nH]c1=O. The van der Waals surface area contributed by atoms with Crippen molar-refractivity contribution in [2.45, 2.75) is 44.8 Å². The lowest BCUT2D eigenvalue weighted by molar-refractivity contribution is 0.637. The summed E-state index contributed by atoms with van der Waals surface area (Å²) >= 11 is 6.01. The maximum Gasteiger partial charge on any atom is 0.251 e. The van der Waals surface area contributed by atoms with E-state index in [0.717, 1.165) is 22.9 Å². The molecule has 0 spiro atoms. The predicted molar refractivity (Wildman–Crippen MR) is 95.4 cm³/mol. The average molecular weight is 340 g/mol. The fraction of sp³-hybridized carbons (Fsp3) is 0.471. The zero-order chi connectivity index (χ0) is 16.5. The second kappa shape index (κ2) is 6.55. The van der Waals surface area contributed by atoms with Crippen LogP contribution in [0.1, 0.15) is 45.6 Å². The van der Waals surface area contributed by atoms with E-state index < -0.39 is 10.8 Å². The van der Waals surface area contributed by atoms with Crippen LogP contribution in [-0.2, 0) is 10.8 Å². The number of nitrogens with one attached hydrogen (secondary N) is 1. The fourth-order valence-corrected chi connectivity index (χ4v) is 3.67. The minimum Gasteiger partial charge on any atom is -0.322 e. The number of fused-ring (bicyclic) bond motifs is 1. The maximum absolute atomic E-state index is 12.2. The zero-order valence-electron chi connectivity index (χ0n) is 13.4. The second-order valence-corrected chi connectivity index (χ2v) is 9.40. The number of halogens is 1. The van der Waals surface area contributed by atoms with Gasteiger partial charge in [-0.2, -0.15) is 0 Å². The first kappa shape index (κ1) is 17.2. The highest BCUT2D eigenvalue weighted by atomic mass is 35.5. The van der Waals surface area contributed by atoms with Gasteiger partial charge in [0.05, 0.1) is 0 Å². The number of hydrogen-bond donors (Lipinski definition) is 1. The Morgan fingerprint density at radius 1 is 1.27 bits per heavy atom. The number of aromatic amines is 1. The van der Waals surface area contributed by atoms with E-state index in [0.29, 0.717) is 10.8 Å². The van der Waals surface area contributed by atoms with Crippen molar-refractivity contribution in [1.82, 2.24) is 4.98 Å². The minimum absolute atomic E-state index is 0.0541. The molecule has 3 nitrogen and oxygen atoms in total. The van der Waals surface area contributed by atoms with E-state index >= 15 is 0 Å². The van der Waals surface area contributed by atoms with E-state index in [2.05, 4.69) is 4.98 Å². The molecular weight excluding hydrogens is 318 g/mol. The van der Waals surface area contributed by atoms with Crippen LogP contribution >= 0.6 is 11.6 Å². The molecule has 0 aliphatic carbocycles. The van der Waals surface area contributed by atoms with Gasteiger partial charge in [-0.3, -0.25) is 9.00 Å². The molecule has 0 aliphatic rings. The molecule has 2 atom stereocenters. The van der Waals surface area contributed by atoms with Gasteiger partial charge in [-0.1, -0.05) is 18.5 Å². The Hall–Kier alpha value is -1.13. The first-order valence-electron chi connectivity index (χ1n) is 7.39. The first-order chi connectivity index (χ1) is 10.2. The van der Waals surface area contributed by atoms with Crippen LogP contribution in [0.5, 0.6) is 0 Å². The molecule has 0 amide bonds. The van der Waals surface area contributed by atoms with E-state index in [-0.39, 0.29) is 16.2 Å². The molecule has 0 aliphatic heterocycles. The van der Waals surface area contributed by atoms with Crippen LogP contribution in [-0.4, -0.2) is 19.7 Å². The highest BCUT2D eigenvalue weighted by Crippen LogP contribution is 2.23. The number of benzene rings is 1. The Balaban J connectivity index is 2.24. The van der Waals surface area contributed by atoms with Crippen molar-refractivity contribution in [1.29, 1.82) is 0 Å². The van der Waals surface area contributed by atoms with Crippen LogP contribution in [0.4, 0.5) is 0 Å². The molecule has 0 bridgehead atoms. The predicted octanol–water partition coefficient (Wildman–Crippen LogP) is 4.22. The van der Waals surface area contributed by atoms with Gasteiger partial charge < -0.3 is 4.98 Å². The van der Waals surface area contributed by atoms with Crippen LogP contribution in [0.15, 0.2) is 29.1 Å². The van der Waals surface area contributed by atoms with Gasteiger partial charge in [-0.15, -0.1) is 0 Å². The minimum atomic E-state index is -0.902. The van der Waals surface area contributed by atoms with Crippen LogP contribution in [0.25, 0.3) is 10.9 Å². The van der Waals surface area contributed by atoms with E-state index in [4.69, 9.17) is 11.6 Å². The molecule has 5 heteroatoms.